The molecule has 0 spiro atoms. The molecule has 0 unspecified atom stereocenters. The highest BCUT2D eigenvalue weighted by Gasteiger charge is 1.63. The first-order valence-corrected chi connectivity index (χ1v) is 5.08. The molecule has 0 atom stereocenters. The molecule has 0 rings (SSSR count). The number of rotatable bonds is 0. The van der Waals surface area contributed by atoms with Crippen LogP contribution in [0.15, 0.2) is 0 Å². The van der Waals surface area contributed by atoms with E-state index in [0.717, 1.165) is 0 Å². The van der Waals surface area contributed by atoms with E-state index in [1.165, 1.54) is 0 Å². The molecule has 0 aliphatic heterocycles. The lowest BCUT2D eigenvalue weighted by Crippen LogP contribution is -1.74. The topological polar surface area (TPSA) is 190 Å². The Morgan fingerprint density at radius 1 is 0.571 bits per heavy atom. The first kappa shape index (κ1) is 23.6. The molecule has 10 nitrogen and oxygen atoms in total. The fourth-order valence-corrected chi connectivity index (χ4v) is 0. The van der Waals surface area contributed by atoms with E-state index in [-0.39, 0.29) is 0 Å². The Kier molecular flexibility index (Phi) is 38.8. The summed E-state index contributed by atoms with van der Waals surface area (Å²) < 4.78 is 68.5. The predicted molar refractivity (Wildman–Crippen MR) is 47.3 cm³/mol. The summed E-state index contributed by atoms with van der Waals surface area (Å²) >= 11 is -7.83. The molecule has 0 fully saturated rings. The van der Waals surface area contributed by atoms with Crippen molar-refractivity contribution in [2.24, 2.45) is 0 Å². The summed E-state index contributed by atoms with van der Waals surface area (Å²) in [6, 6.07) is 0. The SMILES string of the molecule is C=O.O=S(O)O.O=S(O)O.O=S(O)O. The Bertz CT molecular complexity index is 124. The Hall–Kier alpha value is -0.120. The van der Waals surface area contributed by atoms with Crippen molar-refractivity contribution in [3.63, 3.8) is 0 Å². The van der Waals surface area contributed by atoms with Crippen LogP contribution in [0, 0.1) is 0 Å². The van der Waals surface area contributed by atoms with Crippen LogP contribution in [0.25, 0.3) is 0 Å². The van der Waals surface area contributed by atoms with Crippen LogP contribution in [0.3, 0.4) is 0 Å². The van der Waals surface area contributed by atoms with Crippen LogP contribution in [0.1, 0.15) is 0 Å². The van der Waals surface area contributed by atoms with Crippen molar-refractivity contribution in [3.05, 3.63) is 0 Å². The van der Waals surface area contributed by atoms with Gasteiger partial charge in [0.25, 0.3) is 34.1 Å². The first-order chi connectivity index (χ1) is 6.20. The first-order valence-electron chi connectivity index (χ1n) is 1.88. The third kappa shape index (κ3) is 97700. The second kappa shape index (κ2) is 23.1. The smallest absolute Gasteiger partial charge is 0.299 e. The minimum atomic E-state index is -2.61. The van der Waals surface area contributed by atoms with Crippen LogP contribution < -0.4 is 0 Å². The molecular formula is CH8O10S3. The van der Waals surface area contributed by atoms with E-state index in [0.29, 0.717) is 0 Å². The minimum Gasteiger partial charge on any atom is -0.307 e. The summed E-state index contributed by atoms with van der Waals surface area (Å²) in [6.45, 7) is 2.00. The summed E-state index contributed by atoms with van der Waals surface area (Å²) in [5.41, 5.74) is 0. The Labute approximate surface area is 86.1 Å². The van der Waals surface area contributed by atoms with Crippen LogP contribution in [0.5, 0.6) is 0 Å². The Morgan fingerprint density at radius 3 is 0.571 bits per heavy atom. The van der Waals surface area contributed by atoms with Gasteiger partial charge in [-0.3, -0.25) is 27.3 Å². The fourth-order valence-electron chi connectivity index (χ4n) is 0. The number of carbonyl (C=O) groups is 1. The van der Waals surface area contributed by atoms with E-state index in [2.05, 4.69) is 0 Å². The average Bonchev–Trinajstić information content (AvgIpc) is 1.86. The fraction of sp³-hybridized carbons (Fsp3) is 0. The lowest BCUT2D eigenvalue weighted by Gasteiger charge is -1.59. The molecule has 14 heavy (non-hydrogen) atoms. The molecule has 0 bridgehead atoms. The maximum Gasteiger partial charge on any atom is 0.299 e. The van der Waals surface area contributed by atoms with Crippen molar-refractivity contribution in [2.75, 3.05) is 0 Å². The van der Waals surface area contributed by atoms with Gasteiger partial charge in [-0.15, -0.1) is 0 Å². The maximum atomic E-state index is 8.67. The van der Waals surface area contributed by atoms with E-state index >= 15 is 0 Å². The van der Waals surface area contributed by atoms with Crippen molar-refractivity contribution >= 4 is 40.9 Å². The summed E-state index contributed by atoms with van der Waals surface area (Å²) in [4.78, 5) is 8.00. The van der Waals surface area contributed by atoms with Crippen LogP contribution >= 0.6 is 0 Å². The van der Waals surface area contributed by atoms with Crippen LogP contribution in [-0.4, -0.2) is 46.7 Å². The monoisotopic (exact) mass is 276 g/mol. The van der Waals surface area contributed by atoms with Crippen molar-refractivity contribution in [3.8, 4) is 0 Å². The molecule has 0 heterocycles. The maximum absolute atomic E-state index is 8.67. The lowest BCUT2D eigenvalue weighted by atomic mass is 11.9. The van der Waals surface area contributed by atoms with E-state index in [4.69, 9.17) is 44.7 Å². The van der Waals surface area contributed by atoms with Gasteiger partial charge in [0.2, 0.25) is 0 Å². The summed E-state index contributed by atoms with van der Waals surface area (Å²) in [7, 11) is 0. The Balaban J connectivity index is -0.0000000492. The molecular weight excluding hydrogens is 268 g/mol. The molecule has 0 aromatic heterocycles. The Morgan fingerprint density at radius 2 is 0.571 bits per heavy atom. The van der Waals surface area contributed by atoms with Gasteiger partial charge >= 0.3 is 0 Å². The number of hydrogen-bond acceptors (Lipinski definition) is 4. The highest BCUT2D eigenvalue weighted by molar-refractivity contribution is 7.73. The van der Waals surface area contributed by atoms with Gasteiger partial charge in [0.15, 0.2) is 0 Å². The molecule has 0 saturated carbocycles. The van der Waals surface area contributed by atoms with Crippen molar-refractivity contribution < 1.29 is 44.7 Å². The van der Waals surface area contributed by atoms with Gasteiger partial charge in [-0.05, 0) is 0 Å². The normalized spacial score (nSPS) is 7.79. The predicted octanol–water partition coefficient (Wildman–Crippen LogP) is -1.14. The van der Waals surface area contributed by atoms with Crippen LogP contribution in [0.4, 0.5) is 0 Å². The van der Waals surface area contributed by atoms with E-state index in [1.807, 2.05) is 6.79 Å². The highest BCUT2D eigenvalue weighted by atomic mass is 32.2. The zero-order valence-electron chi connectivity index (χ0n) is 6.25. The molecule has 0 aromatic rings. The molecule has 0 aromatic carbocycles. The lowest BCUT2D eigenvalue weighted by molar-refractivity contribution is -0.0980. The van der Waals surface area contributed by atoms with Crippen LogP contribution in [-0.2, 0) is 38.9 Å². The van der Waals surface area contributed by atoms with E-state index in [1.54, 1.807) is 0 Å². The number of hydrogen-bond donors (Lipinski definition) is 6. The van der Waals surface area contributed by atoms with Gasteiger partial charge in [0.05, 0.1) is 0 Å². The average molecular weight is 276 g/mol. The largest absolute Gasteiger partial charge is 0.307 e. The second-order valence-corrected chi connectivity index (χ2v) is 2.08. The van der Waals surface area contributed by atoms with E-state index in [9.17, 15) is 0 Å². The van der Waals surface area contributed by atoms with Gasteiger partial charge in [-0.2, -0.15) is 12.6 Å². The van der Waals surface area contributed by atoms with Crippen LogP contribution in [0.2, 0.25) is 0 Å². The molecule has 0 saturated heterocycles. The van der Waals surface area contributed by atoms with Gasteiger partial charge in [-0.1, -0.05) is 0 Å². The molecule has 6 N–H and O–H groups in total. The number of carbonyl (C=O) groups excluding carboxylic acids is 1. The molecule has 13 heteroatoms. The standard InChI is InChI=1S/CH2O.3H2O3S/c1-2;3*1-4(2)3/h1H2;3*(H2,1,2,3). The minimum absolute atomic E-state index is 2.00. The van der Waals surface area contributed by atoms with Crippen molar-refractivity contribution in [1.82, 2.24) is 0 Å². The molecule has 90 valence electrons. The zero-order chi connectivity index (χ0) is 12.7. The highest BCUT2D eigenvalue weighted by Crippen LogP contribution is 1.45. The summed E-state index contributed by atoms with van der Waals surface area (Å²) in [6.07, 6.45) is 0. The zero-order valence-corrected chi connectivity index (χ0v) is 8.70. The quantitative estimate of drug-likeness (QED) is 0.295. The van der Waals surface area contributed by atoms with Crippen molar-refractivity contribution in [2.45, 2.75) is 0 Å². The van der Waals surface area contributed by atoms with Gasteiger partial charge < -0.3 is 4.79 Å². The third-order valence-corrected chi connectivity index (χ3v) is 0. The van der Waals surface area contributed by atoms with Gasteiger partial charge in [0.1, 0.15) is 6.79 Å². The molecule has 0 radical (unpaired) electrons. The third-order valence-electron chi connectivity index (χ3n) is 0. The summed E-state index contributed by atoms with van der Waals surface area (Å²) in [5, 5.41) is 0. The van der Waals surface area contributed by atoms with Crippen molar-refractivity contribution in [1.29, 1.82) is 0 Å². The van der Waals surface area contributed by atoms with E-state index < -0.39 is 34.1 Å². The molecule has 0 amide bonds. The van der Waals surface area contributed by atoms with Gasteiger partial charge in [0, 0.05) is 0 Å². The molecule has 0 aliphatic carbocycles. The molecule has 0 aliphatic rings. The second-order valence-electron chi connectivity index (χ2n) is 0.692. The van der Waals surface area contributed by atoms with Gasteiger partial charge in [-0.25, -0.2) is 0 Å². The summed E-state index contributed by atoms with van der Waals surface area (Å²) in [5.74, 6) is 0.